The van der Waals surface area contributed by atoms with E-state index < -0.39 is 0 Å². The number of ether oxygens (including phenoxy) is 2. The van der Waals surface area contributed by atoms with E-state index in [9.17, 15) is 4.79 Å². The highest BCUT2D eigenvalue weighted by Gasteiger charge is 2.09. The topological polar surface area (TPSA) is 35.5 Å². The summed E-state index contributed by atoms with van der Waals surface area (Å²) >= 11 is 6.74. The first-order valence-electron chi connectivity index (χ1n) is 6.29. The zero-order valence-electron chi connectivity index (χ0n) is 11.4. The van der Waals surface area contributed by atoms with Crippen LogP contribution in [0, 0.1) is 0 Å². The summed E-state index contributed by atoms with van der Waals surface area (Å²) in [6.45, 7) is 0.463. The van der Waals surface area contributed by atoms with Crippen LogP contribution in [0.15, 0.2) is 51.4 Å². The van der Waals surface area contributed by atoms with Gasteiger partial charge in [0.15, 0.2) is 5.78 Å². The molecule has 0 aliphatic carbocycles. The fraction of sp³-hybridized carbons (Fsp3) is 0.188. The van der Waals surface area contributed by atoms with Gasteiger partial charge < -0.3 is 9.47 Å². The van der Waals surface area contributed by atoms with E-state index in [0.717, 1.165) is 14.5 Å². The van der Waals surface area contributed by atoms with E-state index in [1.165, 1.54) is 0 Å². The van der Waals surface area contributed by atoms with Crippen LogP contribution in [0.3, 0.4) is 0 Å². The first-order chi connectivity index (χ1) is 10.1. The van der Waals surface area contributed by atoms with Crippen molar-refractivity contribution >= 4 is 37.6 Å². The smallest absolute Gasteiger partial charge is 0.188 e. The van der Waals surface area contributed by atoms with Crippen LogP contribution >= 0.6 is 31.9 Å². The van der Waals surface area contributed by atoms with Crippen LogP contribution in [0.4, 0.5) is 0 Å². The highest BCUT2D eigenvalue weighted by Crippen LogP contribution is 2.25. The number of hydrogen-bond donors (Lipinski definition) is 0. The third-order valence-corrected chi connectivity index (χ3v) is 4.04. The first-order valence-corrected chi connectivity index (χ1v) is 7.87. The van der Waals surface area contributed by atoms with Crippen molar-refractivity contribution in [3.63, 3.8) is 0 Å². The number of benzene rings is 2. The molecule has 2 aromatic carbocycles. The summed E-state index contributed by atoms with van der Waals surface area (Å²) in [7, 11) is 1.59. The Morgan fingerprint density at radius 2 is 1.81 bits per heavy atom. The molecule has 2 rings (SSSR count). The van der Waals surface area contributed by atoms with Crippen molar-refractivity contribution < 1.29 is 14.3 Å². The second-order valence-electron chi connectivity index (χ2n) is 4.39. The van der Waals surface area contributed by atoms with Crippen molar-refractivity contribution in [2.24, 2.45) is 0 Å². The Bertz CT molecular complexity index is 624. The van der Waals surface area contributed by atoms with Crippen molar-refractivity contribution in [2.75, 3.05) is 13.7 Å². The molecule has 0 heterocycles. The number of carbonyl (C=O) groups is 1. The maximum Gasteiger partial charge on any atom is 0.188 e. The second kappa shape index (κ2) is 7.73. The van der Waals surface area contributed by atoms with Gasteiger partial charge in [0, 0.05) is 10.0 Å². The summed E-state index contributed by atoms with van der Waals surface area (Å²) in [5.74, 6) is 0.637. The van der Waals surface area contributed by atoms with Crippen LogP contribution < -0.4 is 4.74 Å². The highest BCUT2D eigenvalue weighted by molar-refractivity contribution is 9.10. The van der Waals surface area contributed by atoms with Crippen LogP contribution in [0.5, 0.6) is 5.75 Å². The Labute approximate surface area is 140 Å². The zero-order chi connectivity index (χ0) is 15.2. The highest BCUT2D eigenvalue weighted by atomic mass is 79.9. The van der Waals surface area contributed by atoms with Crippen molar-refractivity contribution in [1.82, 2.24) is 0 Å². The van der Waals surface area contributed by atoms with E-state index >= 15 is 0 Å². The van der Waals surface area contributed by atoms with Crippen molar-refractivity contribution in [3.05, 3.63) is 62.5 Å². The van der Waals surface area contributed by atoms with E-state index in [0.29, 0.717) is 17.9 Å². The van der Waals surface area contributed by atoms with Crippen molar-refractivity contribution in [1.29, 1.82) is 0 Å². The zero-order valence-corrected chi connectivity index (χ0v) is 14.6. The summed E-state index contributed by atoms with van der Waals surface area (Å²) in [6, 6.07) is 13.0. The van der Waals surface area contributed by atoms with Crippen LogP contribution in [-0.2, 0) is 11.3 Å². The summed E-state index contributed by atoms with van der Waals surface area (Å²) < 4.78 is 12.4. The summed E-state index contributed by atoms with van der Waals surface area (Å²) in [6.07, 6.45) is 0. The van der Waals surface area contributed by atoms with E-state index in [-0.39, 0.29) is 12.4 Å². The molecule has 0 aromatic heterocycles. The molecule has 110 valence electrons. The molecular weight excluding hydrogens is 400 g/mol. The Kier molecular flexibility index (Phi) is 5.96. The molecular formula is C16H14Br2O3. The van der Waals surface area contributed by atoms with Gasteiger partial charge in [0.25, 0.3) is 0 Å². The maximum absolute atomic E-state index is 12.0. The number of methoxy groups -OCH3 is 1. The predicted octanol–water partition coefficient (Wildman–Crippen LogP) is 4.62. The molecule has 0 N–H and O–H groups in total. The Hall–Kier alpha value is -1.17. The minimum Gasteiger partial charge on any atom is -0.496 e. The van der Waals surface area contributed by atoms with Gasteiger partial charge in [-0.25, -0.2) is 0 Å². The quantitative estimate of drug-likeness (QED) is 0.648. The van der Waals surface area contributed by atoms with Gasteiger partial charge in [-0.05, 0) is 51.8 Å². The van der Waals surface area contributed by atoms with E-state index in [4.69, 9.17) is 9.47 Å². The van der Waals surface area contributed by atoms with Gasteiger partial charge in [0.05, 0.1) is 18.2 Å². The number of carbonyl (C=O) groups excluding carboxylic acids is 1. The van der Waals surface area contributed by atoms with Gasteiger partial charge in [-0.1, -0.05) is 28.1 Å². The molecule has 0 spiro atoms. The molecule has 0 saturated carbocycles. The Morgan fingerprint density at radius 1 is 1.10 bits per heavy atom. The number of rotatable bonds is 6. The molecule has 2 aromatic rings. The third-order valence-electron chi connectivity index (χ3n) is 2.89. The molecule has 0 unspecified atom stereocenters. The average molecular weight is 414 g/mol. The van der Waals surface area contributed by atoms with Gasteiger partial charge in [0.1, 0.15) is 12.4 Å². The van der Waals surface area contributed by atoms with Crippen LogP contribution in [0.25, 0.3) is 0 Å². The van der Waals surface area contributed by atoms with Gasteiger partial charge in [-0.2, -0.15) is 0 Å². The van der Waals surface area contributed by atoms with E-state index in [2.05, 4.69) is 31.9 Å². The SMILES string of the molecule is COc1ccc(C(=O)COCc2ccc(Br)cc2)cc1Br. The lowest BCUT2D eigenvalue weighted by Crippen LogP contribution is -2.09. The number of hydrogen-bond acceptors (Lipinski definition) is 3. The van der Waals surface area contributed by atoms with Gasteiger partial charge in [-0.15, -0.1) is 0 Å². The van der Waals surface area contributed by atoms with Crippen molar-refractivity contribution in [3.8, 4) is 5.75 Å². The minimum atomic E-state index is -0.0598. The fourth-order valence-corrected chi connectivity index (χ4v) is 2.57. The van der Waals surface area contributed by atoms with Crippen LogP contribution in [-0.4, -0.2) is 19.5 Å². The van der Waals surface area contributed by atoms with E-state index in [1.54, 1.807) is 25.3 Å². The maximum atomic E-state index is 12.0. The van der Waals surface area contributed by atoms with Crippen LogP contribution in [0.2, 0.25) is 0 Å². The molecule has 0 radical (unpaired) electrons. The molecule has 3 nitrogen and oxygen atoms in total. The number of ketones is 1. The van der Waals surface area contributed by atoms with Gasteiger partial charge >= 0.3 is 0 Å². The third kappa shape index (κ3) is 4.66. The van der Waals surface area contributed by atoms with Gasteiger partial charge in [0.2, 0.25) is 0 Å². The van der Waals surface area contributed by atoms with Gasteiger partial charge in [-0.3, -0.25) is 4.79 Å². The second-order valence-corrected chi connectivity index (χ2v) is 6.16. The summed E-state index contributed by atoms with van der Waals surface area (Å²) in [5.41, 5.74) is 1.63. The fourth-order valence-electron chi connectivity index (χ4n) is 1.77. The molecule has 0 aliphatic heterocycles. The lowest BCUT2D eigenvalue weighted by atomic mass is 10.1. The van der Waals surface area contributed by atoms with Crippen molar-refractivity contribution in [2.45, 2.75) is 6.61 Å². The number of halogens is 2. The first kappa shape index (κ1) is 16.2. The largest absolute Gasteiger partial charge is 0.496 e. The summed E-state index contributed by atoms with van der Waals surface area (Å²) in [5, 5.41) is 0. The lowest BCUT2D eigenvalue weighted by Gasteiger charge is -2.07. The minimum absolute atomic E-state index is 0.0504. The molecule has 0 saturated heterocycles. The Morgan fingerprint density at radius 3 is 2.43 bits per heavy atom. The average Bonchev–Trinajstić information content (AvgIpc) is 2.49. The monoisotopic (exact) mass is 412 g/mol. The standard InChI is InChI=1S/C16H14Br2O3/c1-20-16-7-4-12(8-14(16)18)15(19)10-21-9-11-2-5-13(17)6-3-11/h2-8H,9-10H2,1H3. The lowest BCUT2D eigenvalue weighted by molar-refractivity contribution is 0.0726. The predicted molar refractivity (Wildman–Crippen MR) is 88.8 cm³/mol. The molecule has 0 amide bonds. The van der Waals surface area contributed by atoms with Crippen LogP contribution in [0.1, 0.15) is 15.9 Å². The molecule has 5 heteroatoms. The number of Topliss-reactive ketones (excluding diaryl/α,β-unsaturated/α-hetero) is 1. The normalized spacial score (nSPS) is 10.4. The molecule has 0 fully saturated rings. The summed E-state index contributed by atoms with van der Waals surface area (Å²) in [4.78, 5) is 12.0. The van der Waals surface area contributed by atoms with E-state index in [1.807, 2.05) is 24.3 Å². The molecule has 21 heavy (non-hydrogen) atoms. The molecule has 0 atom stereocenters. The molecule has 0 aliphatic rings. The Balaban J connectivity index is 1.89. The molecule has 0 bridgehead atoms.